The largest absolute Gasteiger partial charge is 0.352 e. The van der Waals surface area contributed by atoms with Crippen LogP contribution in [0.15, 0.2) is 0 Å². The van der Waals surface area contributed by atoms with Crippen LogP contribution in [-0.2, 0) is 4.79 Å². The number of carbonyl (C=O) groups is 1. The monoisotopic (exact) mass is 265 g/mol. The minimum Gasteiger partial charge on any atom is -0.352 e. The number of amides is 1. The van der Waals surface area contributed by atoms with Gasteiger partial charge in [0.15, 0.2) is 0 Å². The molecule has 0 aromatic rings. The summed E-state index contributed by atoms with van der Waals surface area (Å²) in [6, 6.07) is 0.437. The summed E-state index contributed by atoms with van der Waals surface area (Å²) >= 11 is 0. The van der Waals surface area contributed by atoms with Crippen molar-refractivity contribution in [2.45, 2.75) is 38.6 Å². The van der Waals surface area contributed by atoms with Gasteiger partial charge in [0.25, 0.3) is 0 Å². The number of hydrogen-bond acceptors (Lipinski definition) is 3. The Morgan fingerprint density at radius 3 is 2.42 bits per heavy atom. The fourth-order valence-electron chi connectivity index (χ4n) is 3.96. The molecule has 1 saturated carbocycles. The zero-order chi connectivity index (χ0) is 13.2. The molecule has 19 heavy (non-hydrogen) atoms. The highest BCUT2D eigenvalue weighted by Gasteiger charge is 2.36. The van der Waals surface area contributed by atoms with E-state index >= 15 is 0 Å². The average Bonchev–Trinajstić information content (AvgIpc) is 2.92. The summed E-state index contributed by atoms with van der Waals surface area (Å²) in [5, 5.41) is 6.68. The summed E-state index contributed by atoms with van der Waals surface area (Å²) in [5.74, 6) is 2.65. The molecule has 2 heterocycles. The van der Waals surface area contributed by atoms with E-state index in [0.29, 0.717) is 12.6 Å². The van der Waals surface area contributed by atoms with E-state index in [0.717, 1.165) is 43.9 Å². The number of nitrogens with one attached hydrogen (secondary N) is 2. The molecule has 3 aliphatic rings. The summed E-state index contributed by atoms with van der Waals surface area (Å²) in [6.07, 6.45) is 4.87. The second kappa shape index (κ2) is 5.80. The zero-order valence-electron chi connectivity index (χ0n) is 12.0. The van der Waals surface area contributed by atoms with Crippen LogP contribution in [0.5, 0.6) is 0 Å². The van der Waals surface area contributed by atoms with Crippen LogP contribution in [0.3, 0.4) is 0 Å². The van der Waals surface area contributed by atoms with Crippen molar-refractivity contribution in [3.8, 4) is 0 Å². The lowest BCUT2D eigenvalue weighted by Crippen LogP contribution is -2.43. The van der Waals surface area contributed by atoms with Gasteiger partial charge in [-0.1, -0.05) is 6.92 Å². The van der Waals surface area contributed by atoms with Gasteiger partial charge in [0.05, 0.1) is 6.54 Å². The highest BCUT2D eigenvalue weighted by molar-refractivity contribution is 5.78. The molecule has 0 bridgehead atoms. The van der Waals surface area contributed by atoms with Crippen LogP contribution >= 0.6 is 0 Å². The zero-order valence-corrected chi connectivity index (χ0v) is 12.0. The number of rotatable bonds is 3. The van der Waals surface area contributed by atoms with E-state index in [4.69, 9.17) is 0 Å². The molecule has 0 spiro atoms. The molecule has 0 aromatic heterocycles. The van der Waals surface area contributed by atoms with Crippen LogP contribution in [0.1, 0.15) is 32.6 Å². The molecule has 2 unspecified atom stereocenters. The Hall–Kier alpha value is -0.610. The molecule has 3 fully saturated rings. The maximum atomic E-state index is 12.1. The number of carbonyl (C=O) groups excluding carboxylic acids is 1. The summed E-state index contributed by atoms with van der Waals surface area (Å²) in [5.41, 5.74) is 0. The number of hydrogen-bond donors (Lipinski definition) is 2. The molecule has 2 atom stereocenters. The molecule has 1 amide bonds. The van der Waals surface area contributed by atoms with Crippen molar-refractivity contribution in [3.63, 3.8) is 0 Å². The molecule has 1 aliphatic carbocycles. The van der Waals surface area contributed by atoms with E-state index in [1.165, 1.54) is 25.7 Å². The van der Waals surface area contributed by atoms with Crippen molar-refractivity contribution in [2.24, 2.45) is 17.8 Å². The lowest BCUT2D eigenvalue weighted by Gasteiger charge is -2.27. The van der Waals surface area contributed by atoms with Crippen molar-refractivity contribution in [1.82, 2.24) is 15.5 Å². The van der Waals surface area contributed by atoms with E-state index in [2.05, 4.69) is 22.5 Å². The highest BCUT2D eigenvalue weighted by Crippen LogP contribution is 2.26. The van der Waals surface area contributed by atoms with Gasteiger partial charge >= 0.3 is 0 Å². The first-order chi connectivity index (χ1) is 9.20. The van der Waals surface area contributed by atoms with E-state index in [1.54, 1.807) is 0 Å². The van der Waals surface area contributed by atoms with Crippen LogP contribution in [0, 0.1) is 17.8 Å². The first kappa shape index (κ1) is 13.4. The van der Waals surface area contributed by atoms with Crippen molar-refractivity contribution in [1.29, 1.82) is 0 Å². The first-order valence-electron chi connectivity index (χ1n) is 7.93. The Bertz CT molecular complexity index is 313. The first-order valence-corrected chi connectivity index (χ1v) is 7.93. The minimum atomic E-state index is 0.243. The van der Waals surface area contributed by atoms with Crippen molar-refractivity contribution < 1.29 is 4.79 Å². The molecule has 3 rings (SSSR count). The Labute approximate surface area is 116 Å². The topological polar surface area (TPSA) is 44.4 Å². The molecule has 4 heteroatoms. The third-order valence-corrected chi connectivity index (χ3v) is 5.21. The molecule has 108 valence electrons. The van der Waals surface area contributed by atoms with Gasteiger partial charge in [-0.05, 0) is 56.5 Å². The van der Waals surface area contributed by atoms with Gasteiger partial charge in [0.2, 0.25) is 5.91 Å². The third-order valence-electron chi connectivity index (χ3n) is 5.21. The lowest BCUT2D eigenvalue weighted by atomic mass is 9.87. The molecule has 2 aliphatic heterocycles. The minimum absolute atomic E-state index is 0.243. The smallest absolute Gasteiger partial charge is 0.234 e. The molecule has 2 saturated heterocycles. The Kier molecular flexibility index (Phi) is 4.08. The van der Waals surface area contributed by atoms with E-state index < -0.39 is 0 Å². The molecular formula is C15H27N3O. The summed E-state index contributed by atoms with van der Waals surface area (Å²) in [7, 11) is 0. The molecular weight excluding hydrogens is 238 g/mol. The van der Waals surface area contributed by atoms with Crippen molar-refractivity contribution in [3.05, 3.63) is 0 Å². The van der Waals surface area contributed by atoms with E-state index in [9.17, 15) is 4.79 Å². The fraction of sp³-hybridized carbons (Fsp3) is 0.933. The van der Waals surface area contributed by atoms with Crippen LogP contribution in [-0.4, -0.2) is 49.6 Å². The molecule has 2 N–H and O–H groups in total. The van der Waals surface area contributed by atoms with Crippen LogP contribution in [0.2, 0.25) is 0 Å². The normalized spacial score (nSPS) is 39.2. The van der Waals surface area contributed by atoms with Crippen LogP contribution in [0.4, 0.5) is 0 Å². The average molecular weight is 265 g/mol. The summed E-state index contributed by atoms with van der Waals surface area (Å²) < 4.78 is 0. The number of nitrogens with zero attached hydrogens (tertiary/aromatic N) is 1. The van der Waals surface area contributed by atoms with Crippen molar-refractivity contribution >= 4 is 5.91 Å². The predicted molar refractivity (Wildman–Crippen MR) is 75.9 cm³/mol. The number of fused-ring (bicyclic) bond motifs is 1. The summed E-state index contributed by atoms with van der Waals surface area (Å²) in [4.78, 5) is 14.4. The predicted octanol–water partition coefficient (Wildman–Crippen LogP) is 0.833. The standard InChI is InChI=1S/C15H27N3O/c1-11-2-4-14(5-3-11)17-15(19)10-18-8-12-6-16-7-13(12)9-18/h11-14,16H,2-10H2,1H3,(H,17,19). The van der Waals surface area contributed by atoms with Gasteiger partial charge in [-0.25, -0.2) is 0 Å². The second-order valence-corrected chi connectivity index (χ2v) is 6.90. The molecule has 0 radical (unpaired) electrons. The van der Waals surface area contributed by atoms with Crippen molar-refractivity contribution in [2.75, 3.05) is 32.7 Å². The molecule has 0 aromatic carbocycles. The quantitative estimate of drug-likeness (QED) is 0.794. The maximum absolute atomic E-state index is 12.1. The third kappa shape index (κ3) is 3.29. The Morgan fingerprint density at radius 2 is 1.79 bits per heavy atom. The SMILES string of the molecule is CC1CCC(NC(=O)CN2CC3CNCC3C2)CC1. The van der Waals surface area contributed by atoms with Gasteiger partial charge in [0.1, 0.15) is 0 Å². The van der Waals surface area contributed by atoms with Gasteiger partial charge in [-0.15, -0.1) is 0 Å². The highest BCUT2D eigenvalue weighted by atomic mass is 16.2. The van der Waals surface area contributed by atoms with Gasteiger partial charge in [0, 0.05) is 19.1 Å². The van der Waals surface area contributed by atoms with E-state index in [-0.39, 0.29) is 5.91 Å². The maximum Gasteiger partial charge on any atom is 0.234 e. The van der Waals surface area contributed by atoms with E-state index in [1.807, 2.05) is 0 Å². The van der Waals surface area contributed by atoms with Crippen LogP contribution < -0.4 is 10.6 Å². The summed E-state index contributed by atoms with van der Waals surface area (Å²) in [6.45, 7) is 7.42. The second-order valence-electron chi connectivity index (χ2n) is 6.90. The number of likely N-dealkylation sites (tertiary alicyclic amines) is 1. The van der Waals surface area contributed by atoms with Gasteiger partial charge < -0.3 is 10.6 Å². The van der Waals surface area contributed by atoms with Gasteiger partial charge in [-0.2, -0.15) is 0 Å². The fourth-order valence-corrected chi connectivity index (χ4v) is 3.96. The van der Waals surface area contributed by atoms with Crippen LogP contribution in [0.25, 0.3) is 0 Å². The lowest BCUT2D eigenvalue weighted by molar-refractivity contribution is -0.123. The van der Waals surface area contributed by atoms with Gasteiger partial charge in [-0.3, -0.25) is 9.69 Å². The Morgan fingerprint density at radius 1 is 1.16 bits per heavy atom. The molecule has 4 nitrogen and oxygen atoms in total. The Balaban J connectivity index is 1.39.